The summed E-state index contributed by atoms with van der Waals surface area (Å²) in [6.45, 7) is 3.59. The van der Waals surface area contributed by atoms with Crippen molar-refractivity contribution in [1.82, 2.24) is 20.2 Å². The first-order chi connectivity index (χ1) is 10.2. The van der Waals surface area contributed by atoms with Gasteiger partial charge in [-0.3, -0.25) is 0 Å². The molecule has 0 amide bonds. The molecular formula is C14H10N4O2S. The highest BCUT2D eigenvalue weighted by molar-refractivity contribution is 7.12. The van der Waals surface area contributed by atoms with Crippen molar-refractivity contribution in [2.45, 2.75) is 0 Å². The third-order valence-corrected chi connectivity index (χ3v) is 3.81. The Morgan fingerprint density at radius 1 is 1.24 bits per heavy atom. The van der Waals surface area contributed by atoms with Crippen molar-refractivity contribution >= 4 is 22.9 Å². The molecule has 0 unspecified atom stereocenters. The monoisotopic (exact) mass is 298 g/mol. The molecule has 0 saturated heterocycles. The third-order valence-electron chi connectivity index (χ3n) is 2.92. The number of thiophene rings is 1. The van der Waals surface area contributed by atoms with Gasteiger partial charge in [-0.1, -0.05) is 36.9 Å². The molecule has 1 N–H and O–H groups in total. The van der Waals surface area contributed by atoms with Gasteiger partial charge in [0.15, 0.2) is 5.82 Å². The first kappa shape index (κ1) is 13.2. The summed E-state index contributed by atoms with van der Waals surface area (Å²) in [5.74, 6) is -0.513. The SMILES string of the molecule is C=C(C(=O)O)c1ccsc1-n1nnnc1-c1ccccc1. The van der Waals surface area contributed by atoms with Crippen LogP contribution in [0.2, 0.25) is 0 Å². The molecule has 0 aliphatic rings. The number of hydrogen-bond acceptors (Lipinski definition) is 5. The molecule has 0 bridgehead atoms. The van der Waals surface area contributed by atoms with Crippen molar-refractivity contribution in [3.05, 3.63) is 53.9 Å². The zero-order valence-corrected chi connectivity index (χ0v) is 11.6. The van der Waals surface area contributed by atoms with Crippen molar-refractivity contribution < 1.29 is 9.90 Å². The van der Waals surface area contributed by atoms with E-state index in [9.17, 15) is 4.79 Å². The molecular weight excluding hydrogens is 288 g/mol. The van der Waals surface area contributed by atoms with Crippen LogP contribution in [0.15, 0.2) is 48.4 Å². The third kappa shape index (κ3) is 2.34. The van der Waals surface area contributed by atoms with Crippen LogP contribution in [-0.2, 0) is 4.79 Å². The van der Waals surface area contributed by atoms with Crippen molar-refractivity contribution in [3.63, 3.8) is 0 Å². The number of benzene rings is 1. The molecule has 3 rings (SSSR count). The van der Waals surface area contributed by atoms with Crippen LogP contribution in [0.1, 0.15) is 5.56 Å². The summed E-state index contributed by atoms with van der Waals surface area (Å²) in [7, 11) is 0. The lowest BCUT2D eigenvalue weighted by molar-refractivity contribution is -0.130. The summed E-state index contributed by atoms with van der Waals surface area (Å²) in [6, 6.07) is 11.2. The van der Waals surface area contributed by atoms with Gasteiger partial charge in [-0.05, 0) is 21.9 Å². The quantitative estimate of drug-likeness (QED) is 0.748. The lowest BCUT2D eigenvalue weighted by Gasteiger charge is -2.05. The number of tetrazole rings is 1. The lowest BCUT2D eigenvalue weighted by Crippen LogP contribution is -2.04. The first-order valence-electron chi connectivity index (χ1n) is 6.02. The van der Waals surface area contributed by atoms with Crippen LogP contribution in [-0.4, -0.2) is 31.3 Å². The maximum absolute atomic E-state index is 11.1. The summed E-state index contributed by atoms with van der Waals surface area (Å²) in [4.78, 5) is 11.1. The molecule has 0 fully saturated rings. The maximum atomic E-state index is 11.1. The fourth-order valence-corrected chi connectivity index (χ4v) is 2.78. The molecule has 104 valence electrons. The fraction of sp³-hybridized carbons (Fsp3) is 0. The molecule has 3 aromatic rings. The topological polar surface area (TPSA) is 80.9 Å². The van der Waals surface area contributed by atoms with Gasteiger partial charge in [0.25, 0.3) is 0 Å². The predicted molar refractivity (Wildman–Crippen MR) is 79.1 cm³/mol. The van der Waals surface area contributed by atoms with Gasteiger partial charge in [0.1, 0.15) is 5.00 Å². The van der Waals surface area contributed by atoms with Gasteiger partial charge in [-0.2, -0.15) is 4.68 Å². The number of carboxylic acids is 1. The van der Waals surface area contributed by atoms with E-state index in [1.54, 1.807) is 11.4 Å². The summed E-state index contributed by atoms with van der Waals surface area (Å²) in [6.07, 6.45) is 0. The smallest absolute Gasteiger partial charge is 0.335 e. The summed E-state index contributed by atoms with van der Waals surface area (Å²) < 4.78 is 1.53. The second kappa shape index (κ2) is 5.29. The largest absolute Gasteiger partial charge is 0.478 e. The van der Waals surface area contributed by atoms with Crippen LogP contribution in [0.4, 0.5) is 0 Å². The van der Waals surface area contributed by atoms with E-state index in [0.29, 0.717) is 16.4 Å². The normalized spacial score (nSPS) is 10.5. The van der Waals surface area contributed by atoms with Gasteiger partial charge in [-0.15, -0.1) is 16.4 Å². The summed E-state index contributed by atoms with van der Waals surface area (Å²) in [5.41, 5.74) is 1.38. The molecule has 1 aromatic carbocycles. The van der Waals surface area contributed by atoms with Crippen molar-refractivity contribution in [2.75, 3.05) is 0 Å². The van der Waals surface area contributed by atoms with Crippen LogP contribution in [0, 0.1) is 0 Å². The average Bonchev–Trinajstić information content (AvgIpc) is 3.15. The lowest BCUT2D eigenvalue weighted by atomic mass is 10.1. The number of rotatable bonds is 4. The Labute approximate surface area is 124 Å². The van der Waals surface area contributed by atoms with Gasteiger partial charge < -0.3 is 5.11 Å². The molecule has 7 heteroatoms. The Kier molecular flexibility index (Phi) is 3.33. The highest BCUT2D eigenvalue weighted by Gasteiger charge is 2.19. The molecule has 2 heterocycles. The number of aromatic nitrogens is 4. The van der Waals surface area contributed by atoms with E-state index in [2.05, 4.69) is 22.1 Å². The maximum Gasteiger partial charge on any atom is 0.335 e. The zero-order valence-electron chi connectivity index (χ0n) is 10.8. The van der Waals surface area contributed by atoms with E-state index in [4.69, 9.17) is 5.11 Å². The Balaban J connectivity index is 2.12. The van der Waals surface area contributed by atoms with Crippen LogP contribution in [0.5, 0.6) is 0 Å². The average molecular weight is 298 g/mol. The van der Waals surface area contributed by atoms with Crippen molar-refractivity contribution in [2.24, 2.45) is 0 Å². The Bertz CT molecular complexity index is 807. The minimum atomic E-state index is -1.07. The predicted octanol–water partition coefficient (Wildman–Crippen LogP) is 2.49. The van der Waals surface area contributed by atoms with Crippen LogP contribution >= 0.6 is 11.3 Å². The van der Waals surface area contributed by atoms with Crippen molar-refractivity contribution in [3.8, 4) is 16.4 Å². The molecule has 0 spiro atoms. The number of aliphatic carboxylic acids is 1. The molecule has 0 aliphatic carbocycles. The van der Waals surface area contributed by atoms with Crippen molar-refractivity contribution in [1.29, 1.82) is 0 Å². The summed E-state index contributed by atoms with van der Waals surface area (Å²) >= 11 is 1.36. The van der Waals surface area contributed by atoms with E-state index < -0.39 is 5.97 Å². The second-order valence-electron chi connectivity index (χ2n) is 4.20. The first-order valence-corrected chi connectivity index (χ1v) is 6.90. The van der Waals surface area contributed by atoms with E-state index in [0.717, 1.165) is 5.56 Å². The summed E-state index contributed by atoms with van der Waals surface area (Å²) in [5, 5.41) is 23.2. The van der Waals surface area contributed by atoms with Crippen LogP contribution in [0.25, 0.3) is 22.0 Å². The van der Waals surface area contributed by atoms with Gasteiger partial charge in [0.2, 0.25) is 0 Å². The van der Waals surface area contributed by atoms with E-state index >= 15 is 0 Å². The highest BCUT2D eigenvalue weighted by Crippen LogP contribution is 2.29. The number of nitrogens with zero attached hydrogens (tertiary/aromatic N) is 4. The van der Waals surface area contributed by atoms with E-state index in [-0.39, 0.29) is 5.57 Å². The number of hydrogen-bond donors (Lipinski definition) is 1. The molecule has 0 saturated carbocycles. The zero-order chi connectivity index (χ0) is 14.8. The molecule has 0 atom stereocenters. The Morgan fingerprint density at radius 2 is 2.00 bits per heavy atom. The Hall–Kier alpha value is -2.80. The molecule has 0 radical (unpaired) electrons. The molecule has 21 heavy (non-hydrogen) atoms. The van der Waals surface area contributed by atoms with Gasteiger partial charge in [0, 0.05) is 11.1 Å². The molecule has 2 aromatic heterocycles. The minimum Gasteiger partial charge on any atom is -0.478 e. The number of carboxylic acid groups (broad SMARTS) is 1. The molecule has 0 aliphatic heterocycles. The second-order valence-corrected chi connectivity index (χ2v) is 5.10. The highest BCUT2D eigenvalue weighted by atomic mass is 32.1. The van der Waals surface area contributed by atoms with Gasteiger partial charge >= 0.3 is 5.97 Å². The van der Waals surface area contributed by atoms with E-state index in [1.807, 2.05) is 30.3 Å². The minimum absolute atomic E-state index is 0.0146. The van der Waals surface area contributed by atoms with Crippen LogP contribution in [0.3, 0.4) is 0 Å². The standard InChI is InChI=1S/C14H10N4O2S/c1-9(14(19)20)11-7-8-21-13(11)18-12(15-16-17-18)10-5-3-2-4-6-10/h2-8H,1H2,(H,19,20). The fourth-order valence-electron chi connectivity index (χ4n) is 1.90. The van der Waals surface area contributed by atoms with Gasteiger partial charge in [0.05, 0.1) is 5.57 Å². The Morgan fingerprint density at radius 3 is 2.71 bits per heavy atom. The van der Waals surface area contributed by atoms with Gasteiger partial charge in [-0.25, -0.2) is 4.79 Å². The van der Waals surface area contributed by atoms with Crippen LogP contribution < -0.4 is 0 Å². The molecule has 6 nitrogen and oxygen atoms in total. The van der Waals surface area contributed by atoms with E-state index in [1.165, 1.54) is 16.0 Å². The number of carbonyl (C=O) groups is 1.